The number of ether oxygens (including phenoxy) is 2. The highest BCUT2D eigenvalue weighted by Gasteiger charge is 2.22. The van der Waals surface area contributed by atoms with Gasteiger partial charge >= 0.3 is 12.2 Å². The van der Waals surface area contributed by atoms with Gasteiger partial charge in [0, 0.05) is 0 Å². The molecule has 7 heteroatoms. The third kappa shape index (κ3) is 3.12. The summed E-state index contributed by atoms with van der Waals surface area (Å²) in [5.41, 5.74) is 0.632. The summed E-state index contributed by atoms with van der Waals surface area (Å²) in [6.07, 6.45) is -1.96. The number of nitrogens with zero attached hydrogens (tertiary/aromatic N) is 2. The second-order valence-corrected chi connectivity index (χ2v) is 2.97. The van der Waals surface area contributed by atoms with Crippen LogP contribution in [0.1, 0.15) is 5.56 Å². The van der Waals surface area contributed by atoms with Crippen molar-refractivity contribution in [3.8, 4) is 6.07 Å². The molecule has 1 amide bonds. The number of rotatable bonds is 1. The summed E-state index contributed by atoms with van der Waals surface area (Å²) in [5.74, 6) is 0. The number of hydrogen-bond acceptors (Lipinski definition) is 6. The van der Waals surface area contributed by atoms with Crippen LogP contribution in [0.5, 0.6) is 0 Å². The smallest absolute Gasteiger partial charge is 0.450 e. The van der Waals surface area contributed by atoms with Gasteiger partial charge in [-0.25, -0.2) is 9.59 Å². The third-order valence-electron chi connectivity index (χ3n) is 1.90. The number of carbonyl (C=O) groups excluding carboxylic acids is 2. The van der Waals surface area contributed by atoms with Crippen molar-refractivity contribution in [1.82, 2.24) is 0 Å². The number of nitriles is 1. The van der Waals surface area contributed by atoms with E-state index in [9.17, 15) is 9.59 Å². The van der Waals surface area contributed by atoms with Crippen LogP contribution in [0, 0.1) is 11.3 Å². The summed E-state index contributed by atoms with van der Waals surface area (Å²) in [6, 6.07) is 7.71. The number of carbonyl (C=O) groups is 2. The van der Waals surface area contributed by atoms with E-state index in [1.54, 1.807) is 0 Å². The van der Waals surface area contributed by atoms with Gasteiger partial charge in [0.05, 0.1) is 31.5 Å². The molecule has 1 aromatic rings. The first-order valence-electron chi connectivity index (χ1n) is 4.76. The highest BCUT2D eigenvalue weighted by Crippen LogP contribution is 2.17. The average Bonchev–Trinajstić information content (AvgIpc) is 2.43. The fourth-order valence-electron chi connectivity index (χ4n) is 1.06. The van der Waals surface area contributed by atoms with Crippen molar-refractivity contribution in [2.45, 2.75) is 0 Å². The molecule has 0 fully saturated rings. The van der Waals surface area contributed by atoms with Crippen LogP contribution in [-0.2, 0) is 14.3 Å². The Bertz CT molecular complexity index is 477. The van der Waals surface area contributed by atoms with Crippen molar-refractivity contribution in [3.63, 3.8) is 0 Å². The Hall–Kier alpha value is -2.75. The van der Waals surface area contributed by atoms with Gasteiger partial charge in [-0.1, -0.05) is 0 Å². The highest BCUT2D eigenvalue weighted by molar-refractivity contribution is 5.87. The minimum absolute atomic E-state index is 0.228. The lowest BCUT2D eigenvalue weighted by atomic mass is 10.2. The average molecular weight is 250 g/mol. The topological polar surface area (TPSA) is 88.9 Å². The Labute approximate surface area is 103 Å². The molecule has 0 saturated carbocycles. The van der Waals surface area contributed by atoms with Gasteiger partial charge in [0.2, 0.25) is 0 Å². The van der Waals surface area contributed by atoms with Crippen molar-refractivity contribution < 1.29 is 23.9 Å². The lowest BCUT2D eigenvalue weighted by molar-refractivity contribution is 0.0572. The SMILES string of the molecule is COC(=O)ON(C(=O)OC)c1ccc(C#N)cc1. The Morgan fingerprint density at radius 1 is 1.17 bits per heavy atom. The molecule has 0 radical (unpaired) electrons. The Morgan fingerprint density at radius 3 is 2.22 bits per heavy atom. The van der Waals surface area contributed by atoms with Crippen molar-refractivity contribution in [1.29, 1.82) is 5.26 Å². The molecule has 0 N–H and O–H groups in total. The first-order chi connectivity index (χ1) is 8.62. The van der Waals surface area contributed by atoms with E-state index >= 15 is 0 Å². The lowest BCUT2D eigenvalue weighted by Gasteiger charge is -2.18. The summed E-state index contributed by atoms with van der Waals surface area (Å²) in [6.45, 7) is 0. The van der Waals surface area contributed by atoms with E-state index in [1.165, 1.54) is 24.3 Å². The van der Waals surface area contributed by atoms with Gasteiger partial charge in [-0.15, -0.1) is 5.06 Å². The molecule has 94 valence electrons. The molecular weight excluding hydrogens is 240 g/mol. The van der Waals surface area contributed by atoms with Crippen LogP contribution in [-0.4, -0.2) is 26.5 Å². The first kappa shape index (κ1) is 13.3. The van der Waals surface area contributed by atoms with E-state index in [-0.39, 0.29) is 5.69 Å². The minimum Gasteiger partial charge on any atom is -0.450 e. The van der Waals surface area contributed by atoms with Gasteiger partial charge in [-0.05, 0) is 24.3 Å². The molecule has 0 heterocycles. The van der Waals surface area contributed by atoms with Crippen LogP contribution in [0.4, 0.5) is 15.3 Å². The fraction of sp³-hybridized carbons (Fsp3) is 0.182. The van der Waals surface area contributed by atoms with Crippen LogP contribution in [0.3, 0.4) is 0 Å². The molecule has 0 aliphatic rings. The van der Waals surface area contributed by atoms with Crippen molar-refractivity contribution >= 4 is 17.9 Å². The molecule has 0 unspecified atom stereocenters. The maximum atomic E-state index is 11.4. The molecule has 0 bridgehead atoms. The molecule has 18 heavy (non-hydrogen) atoms. The lowest BCUT2D eigenvalue weighted by Crippen LogP contribution is -2.33. The van der Waals surface area contributed by atoms with E-state index in [0.29, 0.717) is 10.6 Å². The van der Waals surface area contributed by atoms with E-state index in [2.05, 4.69) is 14.3 Å². The predicted molar refractivity (Wildman–Crippen MR) is 59.5 cm³/mol. The quantitative estimate of drug-likeness (QED) is 0.558. The largest absolute Gasteiger partial charge is 0.533 e. The summed E-state index contributed by atoms with van der Waals surface area (Å²) >= 11 is 0. The minimum atomic E-state index is -1.07. The summed E-state index contributed by atoms with van der Waals surface area (Å²) in [4.78, 5) is 27.0. The van der Waals surface area contributed by atoms with Gasteiger partial charge in [0.15, 0.2) is 0 Å². The molecule has 0 aliphatic carbocycles. The van der Waals surface area contributed by atoms with Crippen molar-refractivity contribution in [2.75, 3.05) is 19.3 Å². The van der Waals surface area contributed by atoms with Gasteiger partial charge in [-0.3, -0.25) is 4.84 Å². The van der Waals surface area contributed by atoms with Gasteiger partial charge in [0.25, 0.3) is 0 Å². The monoisotopic (exact) mass is 250 g/mol. The van der Waals surface area contributed by atoms with E-state index < -0.39 is 12.2 Å². The summed E-state index contributed by atoms with van der Waals surface area (Å²) in [7, 11) is 2.25. The Kier molecular flexibility index (Phi) is 4.51. The second-order valence-electron chi connectivity index (χ2n) is 2.97. The zero-order valence-corrected chi connectivity index (χ0v) is 9.75. The number of anilines is 1. The van der Waals surface area contributed by atoms with Crippen LogP contribution in [0.15, 0.2) is 24.3 Å². The van der Waals surface area contributed by atoms with E-state index in [0.717, 1.165) is 14.2 Å². The fourth-order valence-corrected chi connectivity index (χ4v) is 1.06. The molecular formula is C11H10N2O5. The normalized spacial score (nSPS) is 8.94. The van der Waals surface area contributed by atoms with Gasteiger partial charge in [0.1, 0.15) is 0 Å². The maximum Gasteiger partial charge on any atom is 0.533 e. The summed E-state index contributed by atoms with van der Waals surface area (Å²) in [5, 5.41) is 9.26. The van der Waals surface area contributed by atoms with Gasteiger partial charge < -0.3 is 9.47 Å². The second kappa shape index (κ2) is 6.10. The Morgan fingerprint density at radius 2 is 1.78 bits per heavy atom. The Balaban J connectivity index is 2.98. The zero-order chi connectivity index (χ0) is 13.5. The number of hydrogen-bond donors (Lipinski definition) is 0. The van der Waals surface area contributed by atoms with Crippen LogP contribution >= 0.6 is 0 Å². The van der Waals surface area contributed by atoms with Gasteiger partial charge in [-0.2, -0.15) is 5.26 Å². The number of amides is 1. The van der Waals surface area contributed by atoms with Crippen molar-refractivity contribution in [2.24, 2.45) is 0 Å². The number of benzene rings is 1. The molecule has 0 atom stereocenters. The van der Waals surface area contributed by atoms with Crippen LogP contribution in [0.2, 0.25) is 0 Å². The molecule has 0 aromatic heterocycles. The highest BCUT2D eigenvalue weighted by atomic mass is 16.8. The molecule has 7 nitrogen and oxygen atoms in total. The standard InChI is InChI=1S/C11H10N2O5/c1-16-10(14)13(18-11(15)17-2)9-5-3-8(7-12)4-6-9/h3-6H,1-2H3. The number of methoxy groups -OCH3 is 2. The summed E-state index contributed by atoms with van der Waals surface area (Å²) < 4.78 is 8.74. The maximum absolute atomic E-state index is 11.4. The molecule has 1 aromatic carbocycles. The molecule has 0 saturated heterocycles. The van der Waals surface area contributed by atoms with E-state index in [1.807, 2.05) is 6.07 Å². The van der Waals surface area contributed by atoms with E-state index in [4.69, 9.17) is 5.26 Å². The van der Waals surface area contributed by atoms with Crippen molar-refractivity contribution in [3.05, 3.63) is 29.8 Å². The predicted octanol–water partition coefficient (Wildman–Crippen LogP) is 1.83. The van der Waals surface area contributed by atoms with Crippen LogP contribution < -0.4 is 5.06 Å². The zero-order valence-electron chi connectivity index (χ0n) is 9.75. The molecule has 0 spiro atoms. The third-order valence-corrected chi connectivity index (χ3v) is 1.90. The number of hydroxylamine groups is 1. The molecule has 0 aliphatic heterocycles. The first-order valence-corrected chi connectivity index (χ1v) is 4.76. The van der Waals surface area contributed by atoms with Crippen LogP contribution in [0.25, 0.3) is 0 Å². The molecule has 1 rings (SSSR count).